The molecule has 1 aromatic rings. The Morgan fingerprint density at radius 3 is 2.62 bits per heavy atom. The van der Waals surface area contributed by atoms with E-state index >= 15 is 0 Å². The Morgan fingerprint density at radius 1 is 1.31 bits per heavy atom. The first-order valence-electron chi connectivity index (χ1n) is 4.94. The molecule has 0 aliphatic rings. The van der Waals surface area contributed by atoms with E-state index in [0.29, 0.717) is 11.6 Å². The molecule has 0 N–H and O–H groups in total. The van der Waals surface area contributed by atoms with E-state index in [2.05, 4.69) is 4.74 Å². The lowest BCUT2D eigenvalue weighted by Crippen LogP contribution is -2.06. The number of carbonyl (C=O) groups is 1. The molecule has 0 bridgehead atoms. The molecule has 0 radical (unpaired) electrons. The molecule has 86 valence electrons. The van der Waals surface area contributed by atoms with Crippen LogP contribution in [0.2, 0.25) is 5.02 Å². The second-order valence-electron chi connectivity index (χ2n) is 2.95. The van der Waals surface area contributed by atoms with Gasteiger partial charge in [-0.3, -0.25) is 0 Å². The van der Waals surface area contributed by atoms with Crippen LogP contribution < -0.4 is 0 Å². The van der Waals surface area contributed by atoms with Crippen molar-refractivity contribution >= 4 is 23.8 Å². The van der Waals surface area contributed by atoms with Crippen LogP contribution in [0.25, 0.3) is 6.08 Å². The van der Waals surface area contributed by atoms with E-state index in [4.69, 9.17) is 16.3 Å². The molecule has 0 aliphatic heterocycles. The molecule has 1 aromatic carbocycles. The first-order valence-corrected chi connectivity index (χ1v) is 5.32. The van der Waals surface area contributed by atoms with Crippen LogP contribution in [0.3, 0.4) is 0 Å². The van der Waals surface area contributed by atoms with Crippen molar-refractivity contribution in [3.8, 4) is 0 Å². The summed E-state index contributed by atoms with van der Waals surface area (Å²) >= 11 is 5.74. The fraction of sp³-hybridized carbons (Fsp3) is 0.250. The molecule has 16 heavy (non-hydrogen) atoms. The van der Waals surface area contributed by atoms with Crippen molar-refractivity contribution in [2.24, 2.45) is 0 Å². The standard InChI is InChI=1S/C12H13ClO3/c1-2-15-12(14)16-9-3-4-10-5-7-11(13)8-6-10/h3-8H,2,9H2,1H3/b4-3+. The summed E-state index contributed by atoms with van der Waals surface area (Å²) in [5.41, 5.74) is 0.997. The van der Waals surface area contributed by atoms with Crippen LogP contribution in [0.15, 0.2) is 30.3 Å². The van der Waals surface area contributed by atoms with E-state index in [1.165, 1.54) is 0 Å². The quantitative estimate of drug-likeness (QED) is 0.756. The molecule has 1 rings (SSSR count). The number of ether oxygens (including phenoxy) is 2. The highest BCUT2D eigenvalue weighted by Gasteiger charge is 1.98. The fourth-order valence-corrected chi connectivity index (χ4v) is 1.16. The van der Waals surface area contributed by atoms with Crippen LogP contribution in [0.1, 0.15) is 12.5 Å². The normalized spacial score (nSPS) is 10.4. The summed E-state index contributed by atoms with van der Waals surface area (Å²) in [6.45, 7) is 2.24. The number of halogens is 1. The third kappa shape index (κ3) is 4.84. The van der Waals surface area contributed by atoms with Crippen LogP contribution in [0.5, 0.6) is 0 Å². The number of hydrogen-bond acceptors (Lipinski definition) is 3. The van der Waals surface area contributed by atoms with Gasteiger partial charge in [-0.15, -0.1) is 0 Å². The second kappa shape index (κ2) is 6.90. The van der Waals surface area contributed by atoms with Gasteiger partial charge >= 0.3 is 6.16 Å². The maximum Gasteiger partial charge on any atom is 0.508 e. The van der Waals surface area contributed by atoms with Gasteiger partial charge in [0.1, 0.15) is 6.61 Å². The minimum absolute atomic E-state index is 0.196. The smallest absolute Gasteiger partial charge is 0.435 e. The van der Waals surface area contributed by atoms with Crippen LogP contribution in [0.4, 0.5) is 4.79 Å². The Balaban J connectivity index is 2.32. The van der Waals surface area contributed by atoms with Crippen molar-refractivity contribution in [1.82, 2.24) is 0 Å². The molecule has 0 aliphatic carbocycles. The van der Waals surface area contributed by atoms with Gasteiger partial charge in [0.25, 0.3) is 0 Å². The Hall–Kier alpha value is -1.48. The number of rotatable bonds is 4. The van der Waals surface area contributed by atoms with Crippen LogP contribution in [0, 0.1) is 0 Å². The van der Waals surface area contributed by atoms with Crippen LogP contribution in [-0.4, -0.2) is 19.4 Å². The monoisotopic (exact) mass is 240 g/mol. The van der Waals surface area contributed by atoms with E-state index in [1.807, 2.05) is 18.2 Å². The minimum atomic E-state index is -0.650. The molecule has 0 heterocycles. The van der Waals surface area contributed by atoms with Gasteiger partial charge in [0.2, 0.25) is 0 Å². The second-order valence-corrected chi connectivity index (χ2v) is 3.38. The van der Waals surface area contributed by atoms with Crippen LogP contribution >= 0.6 is 11.6 Å². The molecule has 0 amide bonds. The molecule has 0 aromatic heterocycles. The minimum Gasteiger partial charge on any atom is -0.435 e. The fourth-order valence-electron chi connectivity index (χ4n) is 1.03. The molecule has 0 saturated carbocycles. The molecular formula is C12H13ClO3. The van der Waals surface area contributed by atoms with Crippen molar-refractivity contribution in [2.45, 2.75) is 6.92 Å². The summed E-state index contributed by atoms with van der Waals surface area (Å²) in [6, 6.07) is 7.35. The largest absolute Gasteiger partial charge is 0.508 e. The summed E-state index contributed by atoms with van der Waals surface area (Å²) in [7, 11) is 0. The number of carbonyl (C=O) groups excluding carboxylic acids is 1. The Labute approximate surface area is 99.6 Å². The lowest BCUT2D eigenvalue weighted by atomic mass is 10.2. The molecule has 0 fully saturated rings. The lowest BCUT2D eigenvalue weighted by molar-refractivity contribution is 0.0674. The highest BCUT2D eigenvalue weighted by Crippen LogP contribution is 2.10. The zero-order valence-corrected chi connectivity index (χ0v) is 9.74. The molecule has 0 unspecified atom stereocenters. The maximum absolute atomic E-state index is 10.8. The SMILES string of the molecule is CCOC(=O)OC/C=C/c1ccc(Cl)cc1. The van der Waals surface area contributed by atoms with E-state index in [9.17, 15) is 4.79 Å². The van der Waals surface area contributed by atoms with Gasteiger partial charge in [-0.05, 0) is 30.7 Å². The Morgan fingerprint density at radius 2 is 2.00 bits per heavy atom. The number of hydrogen-bond donors (Lipinski definition) is 0. The van der Waals surface area contributed by atoms with Crippen molar-refractivity contribution in [3.05, 3.63) is 40.9 Å². The molecule has 3 nitrogen and oxygen atoms in total. The van der Waals surface area contributed by atoms with Gasteiger partial charge < -0.3 is 9.47 Å². The van der Waals surface area contributed by atoms with E-state index in [-0.39, 0.29) is 6.61 Å². The van der Waals surface area contributed by atoms with Crippen molar-refractivity contribution in [2.75, 3.05) is 13.2 Å². The van der Waals surface area contributed by atoms with Crippen molar-refractivity contribution < 1.29 is 14.3 Å². The molecule has 4 heteroatoms. The van der Waals surface area contributed by atoms with E-state index in [0.717, 1.165) is 5.56 Å². The predicted octanol–water partition coefficient (Wildman–Crippen LogP) is 3.53. The summed E-state index contributed by atoms with van der Waals surface area (Å²) in [4.78, 5) is 10.8. The van der Waals surface area contributed by atoms with E-state index < -0.39 is 6.16 Å². The summed E-state index contributed by atoms with van der Waals surface area (Å²) in [5, 5.41) is 0.694. The average molecular weight is 241 g/mol. The number of benzene rings is 1. The Bertz CT molecular complexity index is 357. The Kier molecular flexibility index (Phi) is 5.43. The summed E-state index contributed by atoms with van der Waals surface area (Å²) in [5.74, 6) is 0. The summed E-state index contributed by atoms with van der Waals surface area (Å²) < 4.78 is 9.35. The van der Waals surface area contributed by atoms with Crippen molar-refractivity contribution in [1.29, 1.82) is 0 Å². The van der Waals surface area contributed by atoms with Gasteiger partial charge in [0.15, 0.2) is 0 Å². The molecule has 0 saturated heterocycles. The summed E-state index contributed by atoms with van der Waals surface area (Å²) in [6.07, 6.45) is 2.93. The average Bonchev–Trinajstić information content (AvgIpc) is 2.27. The zero-order chi connectivity index (χ0) is 11.8. The third-order valence-corrected chi connectivity index (χ3v) is 1.99. The molecular weight excluding hydrogens is 228 g/mol. The topological polar surface area (TPSA) is 35.5 Å². The van der Waals surface area contributed by atoms with Crippen LogP contribution in [-0.2, 0) is 9.47 Å². The van der Waals surface area contributed by atoms with Gasteiger partial charge in [-0.25, -0.2) is 4.79 Å². The van der Waals surface area contributed by atoms with Gasteiger partial charge in [0.05, 0.1) is 6.61 Å². The third-order valence-electron chi connectivity index (χ3n) is 1.74. The predicted molar refractivity (Wildman–Crippen MR) is 63.5 cm³/mol. The first-order chi connectivity index (χ1) is 7.72. The molecule has 0 atom stereocenters. The molecule has 0 spiro atoms. The van der Waals surface area contributed by atoms with E-state index in [1.54, 1.807) is 25.1 Å². The zero-order valence-electron chi connectivity index (χ0n) is 8.98. The van der Waals surface area contributed by atoms with Gasteiger partial charge in [-0.1, -0.05) is 29.8 Å². The van der Waals surface area contributed by atoms with Gasteiger partial charge in [0, 0.05) is 5.02 Å². The van der Waals surface area contributed by atoms with Crippen molar-refractivity contribution in [3.63, 3.8) is 0 Å². The highest BCUT2D eigenvalue weighted by molar-refractivity contribution is 6.30. The van der Waals surface area contributed by atoms with Gasteiger partial charge in [-0.2, -0.15) is 0 Å². The first kappa shape index (κ1) is 12.6. The maximum atomic E-state index is 10.8. The lowest BCUT2D eigenvalue weighted by Gasteiger charge is -2.00. The highest BCUT2D eigenvalue weighted by atomic mass is 35.5.